The average molecular weight is 307 g/mol. The molecular formula is C18H21N5. The van der Waals surface area contributed by atoms with Gasteiger partial charge in [0.15, 0.2) is 0 Å². The molecule has 0 spiro atoms. The Kier molecular flexibility index (Phi) is 3.94. The normalized spacial score (nSPS) is 17.1. The van der Waals surface area contributed by atoms with Crippen molar-refractivity contribution in [3.8, 4) is 0 Å². The third-order valence-electron chi connectivity index (χ3n) is 4.54. The number of aromatic amines is 1. The number of nitrogens with zero attached hydrogens (tertiary/aromatic N) is 3. The Morgan fingerprint density at radius 1 is 1.22 bits per heavy atom. The zero-order valence-electron chi connectivity index (χ0n) is 13.1. The molecule has 2 heterocycles. The molecule has 118 valence electrons. The minimum absolute atomic E-state index is 0.545. The number of fused-ring (bicyclic) bond motifs is 1. The van der Waals surface area contributed by atoms with Gasteiger partial charge >= 0.3 is 0 Å². The summed E-state index contributed by atoms with van der Waals surface area (Å²) in [5, 5.41) is 15.1. The summed E-state index contributed by atoms with van der Waals surface area (Å²) in [6.45, 7) is 1.74. The van der Waals surface area contributed by atoms with E-state index in [0.29, 0.717) is 6.04 Å². The number of aromatic nitrogens is 4. The molecule has 2 aromatic heterocycles. The molecule has 0 saturated heterocycles. The van der Waals surface area contributed by atoms with Crippen LogP contribution in [0.5, 0.6) is 0 Å². The molecule has 1 aliphatic rings. The monoisotopic (exact) mass is 307 g/mol. The molecule has 0 aliphatic heterocycles. The lowest BCUT2D eigenvalue weighted by atomic mass is 9.93. The number of rotatable bonds is 5. The van der Waals surface area contributed by atoms with Crippen LogP contribution >= 0.6 is 0 Å². The number of aryl methyl sites for hydroxylation is 1. The van der Waals surface area contributed by atoms with E-state index in [9.17, 15) is 0 Å². The molecule has 2 N–H and O–H groups in total. The quantitative estimate of drug-likeness (QED) is 0.760. The molecule has 1 aromatic carbocycles. The molecular weight excluding hydrogens is 286 g/mol. The van der Waals surface area contributed by atoms with Crippen LogP contribution in [0.4, 0.5) is 0 Å². The van der Waals surface area contributed by atoms with Crippen LogP contribution in [0.1, 0.15) is 28.8 Å². The van der Waals surface area contributed by atoms with E-state index in [1.165, 1.54) is 28.8 Å². The number of hydrogen-bond acceptors (Lipinski definition) is 3. The zero-order chi connectivity index (χ0) is 15.5. The third kappa shape index (κ3) is 3.35. The van der Waals surface area contributed by atoms with Crippen molar-refractivity contribution in [3.05, 3.63) is 71.3 Å². The van der Waals surface area contributed by atoms with Crippen LogP contribution < -0.4 is 5.32 Å². The standard InChI is InChI=1S/C18H21N5/c1-8-21-23(9-1)13-15-4-2-14(3-5-15)11-19-17-6-7-18-16(10-17)12-20-22-18/h1-5,8-9,12,17,19H,6-7,10-11,13H2,(H,20,22). The van der Waals surface area contributed by atoms with Crippen molar-refractivity contribution < 1.29 is 0 Å². The molecule has 5 heteroatoms. The highest BCUT2D eigenvalue weighted by atomic mass is 15.3. The Bertz CT molecular complexity index is 742. The second-order valence-electron chi connectivity index (χ2n) is 6.21. The molecule has 0 saturated carbocycles. The molecule has 5 nitrogen and oxygen atoms in total. The fraction of sp³-hybridized carbons (Fsp3) is 0.333. The van der Waals surface area contributed by atoms with Gasteiger partial charge in [-0.3, -0.25) is 9.78 Å². The van der Waals surface area contributed by atoms with Gasteiger partial charge in [0.05, 0.1) is 12.7 Å². The largest absolute Gasteiger partial charge is 0.310 e. The van der Waals surface area contributed by atoms with Crippen molar-refractivity contribution in [2.45, 2.75) is 38.4 Å². The van der Waals surface area contributed by atoms with Crippen LogP contribution in [-0.4, -0.2) is 26.0 Å². The fourth-order valence-corrected chi connectivity index (χ4v) is 3.20. The van der Waals surface area contributed by atoms with Crippen molar-refractivity contribution in [1.29, 1.82) is 0 Å². The predicted octanol–water partition coefficient (Wildman–Crippen LogP) is 2.30. The number of nitrogens with one attached hydrogen (secondary N) is 2. The van der Waals surface area contributed by atoms with Crippen molar-refractivity contribution >= 4 is 0 Å². The summed E-state index contributed by atoms with van der Waals surface area (Å²) in [5.41, 5.74) is 5.28. The summed E-state index contributed by atoms with van der Waals surface area (Å²) in [7, 11) is 0. The summed E-state index contributed by atoms with van der Waals surface area (Å²) in [5.74, 6) is 0. The van der Waals surface area contributed by atoms with Gasteiger partial charge in [-0.1, -0.05) is 24.3 Å². The van der Waals surface area contributed by atoms with Gasteiger partial charge in [-0.25, -0.2) is 0 Å². The van der Waals surface area contributed by atoms with Gasteiger partial charge in [-0.05, 0) is 42.0 Å². The van der Waals surface area contributed by atoms with E-state index in [1.54, 1.807) is 0 Å². The maximum atomic E-state index is 4.24. The van der Waals surface area contributed by atoms with E-state index in [0.717, 1.165) is 25.9 Å². The first-order chi connectivity index (χ1) is 11.4. The molecule has 23 heavy (non-hydrogen) atoms. The number of H-pyrrole nitrogens is 1. The van der Waals surface area contributed by atoms with Gasteiger partial charge in [-0.2, -0.15) is 10.2 Å². The first kappa shape index (κ1) is 14.2. The highest BCUT2D eigenvalue weighted by Crippen LogP contribution is 2.19. The topological polar surface area (TPSA) is 58.5 Å². The van der Waals surface area contributed by atoms with E-state index in [-0.39, 0.29) is 0 Å². The molecule has 4 rings (SSSR count). The van der Waals surface area contributed by atoms with Gasteiger partial charge in [-0.15, -0.1) is 0 Å². The smallest absolute Gasteiger partial charge is 0.0659 e. The van der Waals surface area contributed by atoms with E-state index < -0.39 is 0 Å². The molecule has 0 amide bonds. The summed E-state index contributed by atoms with van der Waals surface area (Å²) in [4.78, 5) is 0. The van der Waals surface area contributed by atoms with E-state index in [2.05, 4.69) is 44.9 Å². The first-order valence-electron chi connectivity index (χ1n) is 8.16. The lowest BCUT2D eigenvalue weighted by Gasteiger charge is -2.23. The van der Waals surface area contributed by atoms with Crippen molar-refractivity contribution in [1.82, 2.24) is 25.3 Å². The minimum atomic E-state index is 0.545. The van der Waals surface area contributed by atoms with Crippen LogP contribution in [0.25, 0.3) is 0 Å². The SMILES string of the molecule is c1cnn(Cc2ccc(CNC3CCc4[nH]ncc4C3)cc2)c1. The van der Waals surface area contributed by atoms with E-state index in [4.69, 9.17) is 0 Å². The highest BCUT2D eigenvalue weighted by Gasteiger charge is 2.19. The second-order valence-corrected chi connectivity index (χ2v) is 6.21. The maximum Gasteiger partial charge on any atom is 0.0659 e. The van der Waals surface area contributed by atoms with Crippen LogP contribution in [0.3, 0.4) is 0 Å². The first-order valence-corrected chi connectivity index (χ1v) is 8.16. The molecule has 1 atom stereocenters. The van der Waals surface area contributed by atoms with Gasteiger partial charge in [0.2, 0.25) is 0 Å². The Morgan fingerprint density at radius 2 is 2.09 bits per heavy atom. The molecule has 0 bridgehead atoms. The van der Waals surface area contributed by atoms with Gasteiger partial charge in [0.1, 0.15) is 0 Å². The number of benzene rings is 1. The Balaban J connectivity index is 1.31. The molecule has 0 radical (unpaired) electrons. The van der Waals surface area contributed by atoms with Crippen molar-refractivity contribution in [2.24, 2.45) is 0 Å². The summed E-state index contributed by atoms with van der Waals surface area (Å²) in [6.07, 6.45) is 9.11. The highest BCUT2D eigenvalue weighted by molar-refractivity contribution is 5.24. The summed E-state index contributed by atoms with van der Waals surface area (Å²) >= 11 is 0. The molecule has 1 aliphatic carbocycles. The maximum absolute atomic E-state index is 4.24. The lowest BCUT2D eigenvalue weighted by Crippen LogP contribution is -2.33. The minimum Gasteiger partial charge on any atom is -0.310 e. The second kappa shape index (κ2) is 6.38. The fourth-order valence-electron chi connectivity index (χ4n) is 3.20. The Labute approximate surface area is 135 Å². The van der Waals surface area contributed by atoms with Crippen LogP contribution in [0.15, 0.2) is 48.9 Å². The van der Waals surface area contributed by atoms with Crippen molar-refractivity contribution in [3.63, 3.8) is 0 Å². The van der Waals surface area contributed by atoms with Gasteiger partial charge < -0.3 is 5.32 Å². The van der Waals surface area contributed by atoms with Crippen molar-refractivity contribution in [2.75, 3.05) is 0 Å². The van der Waals surface area contributed by atoms with Gasteiger partial charge in [0.25, 0.3) is 0 Å². The third-order valence-corrected chi connectivity index (χ3v) is 4.54. The van der Waals surface area contributed by atoms with Crippen LogP contribution in [-0.2, 0) is 25.9 Å². The Hall–Kier alpha value is -2.40. The van der Waals surface area contributed by atoms with E-state index in [1.807, 2.05) is 29.3 Å². The van der Waals surface area contributed by atoms with E-state index >= 15 is 0 Å². The summed E-state index contributed by atoms with van der Waals surface area (Å²) in [6, 6.07) is 11.3. The van der Waals surface area contributed by atoms with Crippen LogP contribution in [0.2, 0.25) is 0 Å². The number of hydrogen-bond donors (Lipinski definition) is 2. The van der Waals surface area contributed by atoms with Gasteiger partial charge in [0, 0.05) is 30.7 Å². The Morgan fingerprint density at radius 3 is 2.91 bits per heavy atom. The average Bonchev–Trinajstić information content (AvgIpc) is 3.25. The lowest BCUT2D eigenvalue weighted by molar-refractivity contribution is 0.455. The van der Waals surface area contributed by atoms with Crippen LogP contribution in [0, 0.1) is 0 Å². The molecule has 3 aromatic rings. The summed E-state index contributed by atoms with van der Waals surface area (Å²) < 4.78 is 1.94. The predicted molar refractivity (Wildman–Crippen MR) is 89.0 cm³/mol. The zero-order valence-corrected chi connectivity index (χ0v) is 13.1. The molecule has 1 unspecified atom stereocenters. The molecule has 0 fully saturated rings.